The molecule has 0 spiro atoms. The van der Waals surface area contributed by atoms with Gasteiger partial charge in [0.25, 0.3) is 0 Å². The van der Waals surface area contributed by atoms with Crippen molar-refractivity contribution in [1.82, 2.24) is 5.32 Å². The van der Waals surface area contributed by atoms with Gasteiger partial charge in [0.15, 0.2) is 0 Å². The Balaban J connectivity index is 2.46. The van der Waals surface area contributed by atoms with Crippen LogP contribution in [0.15, 0.2) is 24.3 Å². The van der Waals surface area contributed by atoms with Crippen LogP contribution in [0.1, 0.15) is 50.7 Å². The van der Waals surface area contributed by atoms with E-state index in [1.165, 1.54) is 24.0 Å². The van der Waals surface area contributed by atoms with Crippen molar-refractivity contribution >= 4 is 0 Å². The zero-order chi connectivity index (χ0) is 13.9. The van der Waals surface area contributed by atoms with Crippen molar-refractivity contribution < 1.29 is 0 Å². The molecule has 0 saturated heterocycles. The van der Waals surface area contributed by atoms with Gasteiger partial charge in [0, 0.05) is 12.5 Å². The van der Waals surface area contributed by atoms with E-state index < -0.39 is 0 Å². The number of nitrogens with one attached hydrogen (secondary N) is 1. The molecule has 104 valence electrons. The molecule has 0 amide bonds. The summed E-state index contributed by atoms with van der Waals surface area (Å²) in [7, 11) is 0. The summed E-state index contributed by atoms with van der Waals surface area (Å²) >= 11 is 0. The minimum absolute atomic E-state index is 0.598. The van der Waals surface area contributed by atoms with Crippen LogP contribution >= 0.6 is 0 Å². The van der Waals surface area contributed by atoms with E-state index in [1.54, 1.807) is 0 Å². The highest BCUT2D eigenvalue weighted by molar-refractivity contribution is 5.25. The fourth-order valence-electron chi connectivity index (χ4n) is 2.29. The van der Waals surface area contributed by atoms with E-state index in [9.17, 15) is 0 Å². The van der Waals surface area contributed by atoms with Crippen LogP contribution in [0.25, 0.3) is 0 Å². The zero-order valence-electron chi connectivity index (χ0n) is 12.6. The van der Waals surface area contributed by atoms with Gasteiger partial charge in [-0.15, -0.1) is 11.8 Å². The van der Waals surface area contributed by atoms with Crippen molar-refractivity contribution in [1.29, 1.82) is 0 Å². The van der Waals surface area contributed by atoms with Gasteiger partial charge in [-0.1, -0.05) is 31.2 Å². The topological polar surface area (TPSA) is 12.0 Å². The summed E-state index contributed by atoms with van der Waals surface area (Å²) in [5.41, 5.74) is 2.89. The SMILES string of the molecule is CC#CCCC(CCc1ccccc1C)NCCC. The highest BCUT2D eigenvalue weighted by atomic mass is 14.9. The molecule has 1 rings (SSSR count). The highest BCUT2D eigenvalue weighted by Crippen LogP contribution is 2.12. The molecule has 1 heteroatoms. The zero-order valence-corrected chi connectivity index (χ0v) is 12.6. The van der Waals surface area contributed by atoms with Crippen LogP contribution in [0.4, 0.5) is 0 Å². The fourth-order valence-corrected chi connectivity index (χ4v) is 2.29. The molecule has 0 heterocycles. The van der Waals surface area contributed by atoms with Crippen LogP contribution in [-0.4, -0.2) is 12.6 Å². The fraction of sp³-hybridized carbons (Fsp3) is 0.556. The van der Waals surface area contributed by atoms with E-state index >= 15 is 0 Å². The normalized spacial score (nSPS) is 11.7. The molecule has 0 aromatic heterocycles. The first-order chi connectivity index (χ1) is 9.27. The van der Waals surface area contributed by atoms with Gasteiger partial charge in [0.2, 0.25) is 0 Å². The summed E-state index contributed by atoms with van der Waals surface area (Å²) in [5, 5.41) is 3.65. The third-order valence-corrected chi connectivity index (χ3v) is 3.50. The van der Waals surface area contributed by atoms with Crippen LogP contribution in [0.5, 0.6) is 0 Å². The Morgan fingerprint density at radius 1 is 1.21 bits per heavy atom. The van der Waals surface area contributed by atoms with E-state index in [0.717, 1.165) is 25.8 Å². The lowest BCUT2D eigenvalue weighted by molar-refractivity contribution is 0.457. The van der Waals surface area contributed by atoms with Crippen molar-refractivity contribution in [3.05, 3.63) is 35.4 Å². The monoisotopic (exact) mass is 257 g/mol. The van der Waals surface area contributed by atoms with Crippen LogP contribution < -0.4 is 5.32 Å². The van der Waals surface area contributed by atoms with E-state index in [4.69, 9.17) is 0 Å². The van der Waals surface area contributed by atoms with Gasteiger partial charge >= 0.3 is 0 Å². The number of rotatable bonds is 8. The van der Waals surface area contributed by atoms with Crippen molar-refractivity contribution in [2.75, 3.05) is 6.54 Å². The lowest BCUT2D eigenvalue weighted by atomic mass is 9.98. The molecule has 0 radical (unpaired) electrons. The lowest BCUT2D eigenvalue weighted by Gasteiger charge is -2.18. The van der Waals surface area contributed by atoms with Gasteiger partial charge in [-0.2, -0.15) is 0 Å². The Hall–Kier alpha value is -1.26. The molecule has 0 fully saturated rings. The summed E-state index contributed by atoms with van der Waals surface area (Å²) in [6, 6.07) is 9.30. The predicted molar refractivity (Wildman–Crippen MR) is 84.3 cm³/mol. The Morgan fingerprint density at radius 3 is 2.68 bits per heavy atom. The van der Waals surface area contributed by atoms with Gasteiger partial charge < -0.3 is 5.32 Å². The van der Waals surface area contributed by atoms with Crippen molar-refractivity contribution in [3.63, 3.8) is 0 Å². The molecule has 0 aliphatic rings. The summed E-state index contributed by atoms with van der Waals surface area (Å²) < 4.78 is 0. The summed E-state index contributed by atoms with van der Waals surface area (Å²) in [6.45, 7) is 7.45. The van der Waals surface area contributed by atoms with E-state index in [0.29, 0.717) is 6.04 Å². The second kappa shape index (κ2) is 9.64. The van der Waals surface area contributed by atoms with Crippen LogP contribution in [0.2, 0.25) is 0 Å². The average molecular weight is 257 g/mol. The summed E-state index contributed by atoms with van der Waals surface area (Å²) in [5.74, 6) is 6.16. The predicted octanol–water partition coefficient (Wildman–Crippen LogP) is 4.10. The molecule has 1 unspecified atom stereocenters. The van der Waals surface area contributed by atoms with Crippen molar-refractivity contribution in [2.45, 2.75) is 58.9 Å². The van der Waals surface area contributed by atoms with Gasteiger partial charge in [-0.25, -0.2) is 0 Å². The standard InChI is InChI=1S/C18H27N/c1-4-6-7-12-18(19-15-5-2)14-13-17-11-9-8-10-16(17)3/h8-11,18-19H,5,7,12-15H2,1-3H3. The third kappa shape index (κ3) is 6.45. The first-order valence-corrected chi connectivity index (χ1v) is 7.45. The Bertz CT molecular complexity index is 411. The first kappa shape index (κ1) is 15.8. The van der Waals surface area contributed by atoms with E-state index in [-0.39, 0.29) is 0 Å². The number of benzene rings is 1. The quantitative estimate of drug-likeness (QED) is 0.691. The molecular formula is C18H27N. The number of hydrogen-bond donors (Lipinski definition) is 1. The van der Waals surface area contributed by atoms with Crippen molar-refractivity contribution in [2.24, 2.45) is 0 Å². The van der Waals surface area contributed by atoms with Gasteiger partial charge in [-0.05, 0) is 57.2 Å². The molecule has 19 heavy (non-hydrogen) atoms. The van der Waals surface area contributed by atoms with Crippen LogP contribution in [-0.2, 0) is 6.42 Å². The van der Waals surface area contributed by atoms with Crippen molar-refractivity contribution in [3.8, 4) is 11.8 Å². The molecule has 1 nitrogen and oxygen atoms in total. The minimum Gasteiger partial charge on any atom is -0.314 e. The lowest BCUT2D eigenvalue weighted by Crippen LogP contribution is -2.30. The Morgan fingerprint density at radius 2 is 2.00 bits per heavy atom. The molecule has 0 aliphatic heterocycles. The first-order valence-electron chi connectivity index (χ1n) is 7.45. The van der Waals surface area contributed by atoms with E-state index in [2.05, 4.69) is 55.3 Å². The van der Waals surface area contributed by atoms with Gasteiger partial charge in [0.05, 0.1) is 0 Å². The number of hydrogen-bond acceptors (Lipinski definition) is 1. The van der Waals surface area contributed by atoms with Gasteiger partial charge in [0.1, 0.15) is 0 Å². The molecule has 1 aromatic carbocycles. The highest BCUT2D eigenvalue weighted by Gasteiger charge is 2.08. The smallest absolute Gasteiger partial charge is 0.0103 e. The maximum absolute atomic E-state index is 3.65. The molecular weight excluding hydrogens is 230 g/mol. The molecule has 1 aromatic rings. The molecule has 0 aliphatic carbocycles. The summed E-state index contributed by atoms with van der Waals surface area (Å²) in [4.78, 5) is 0. The molecule has 1 atom stereocenters. The van der Waals surface area contributed by atoms with E-state index in [1.807, 2.05) is 6.92 Å². The maximum Gasteiger partial charge on any atom is 0.0103 e. The van der Waals surface area contributed by atoms with Crippen LogP contribution in [0, 0.1) is 18.8 Å². The largest absolute Gasteiger partial charge is 0.314 e. The van der Waals surface area contributed by atoms with Crippen LogP contribution in [0.3, 0.4) is 0 Å². The third-order valence-electron chi connectivity index (χ3n) is 3.50. The molecule has 1 N–H and O–H groups in total. The molecule has 0 bridgehead atoms. The minimum atomic E-state index is 0.598. The molecule has 0 saturated carbocycles. The summed E-state index contributed by atoms with van der Waals surface area (Å²) in [6.07, 6.45) is 5.72. The second-order valence-electron chi connectivity index (χ2n) is 5.08. The number of aryl methyl sites for hydroxylation is 2. The second-order valence-corrected chi connectivity index (χ2v) is 5.08. The Kier molecular flexibility index (Phi) is 8.02. The Labute approximate surface area is 118 Å². The maximum atomic E-state index is 3.65. The van der Waals surface area contributed by atoms with Gasteiger partial charge in [-0.3, -0.25) is 0 Å². The average Bonchev–Trinajstić information content (AvgIpc) is 2.43.